The Morgan fingerprint density at radius 3 is 2.17 bits per heavy atom. The summed E-state index contributed by atoms with van der Waals surface area (Å²) in [5, 5.41) is 21.5. The van der Waals surface area contributed by atoms with E-state index in [9.17, 15) is 15.0 Å². The van der Waals surface area contributed by atoms with Gasteiger partial charge in [-0.05, 0) is 31.4 Å². The number of nitrogens with two attached hydrogens (primary N) is 1. The van der Waals surface area contributed by atoms with Gasteiger partial charge < -0.3 is 21.3 Å². The average Bonchev–Trinajstić information content (AvgIpc) is 2.53. The summed E-state index contributed by atoms with van der Waals surface area (Å²) in [6, 6.07) is -0.978. The zero-order valence-electron chi connectivity index (χ0n) is 15.1. The van der Waals surface area contributed by atoms with Crippen LogP contribution in [0.2, 0.25) is 0 Å². The van der Waals surface area contributed by atoms with Crippen LogP contribution >= 0.6 is 0 Å². The normalized spacial score (nSPS) is 16.1. The fourth-order valence-electron chi connectivity index (χ4n) is 1.64. The molecule has 6 nitrogen and oxygen atoms in total. The number of hydrogen-bond acceptors (Lipinski definition) is 3. The molecule has 0 fully saturated rings. The number of carbonyl (C=O) groups is 1. The lowest BCUT2D eigenvalue weighted by atomic mass is 10.1. The Morgan fingerprint density at radius 1 is 1.21 bits per heavy atom. The first kappa shape index (κ1) is 21.9. The number of aliphatic carboxylic acids is 1. The first-order valence-electron chi connectivity index (χ1n) is 8.33. The van der Waals surface area contributed by atoms with Gasteiger partial charge in [0.2, 0.25) is 0 Å². The quantitative estimate of drug-likeness (QED) is 0.278. The molecule has 0 aromatic heterocycles. The van der Waals surface area contributed by atoms with Crippen molar-refractivity contribution in [2.24, 2.45) is 16.6 Å². The highest BCUT2D eigenvalue weighted by Gasteiger charge is 2.16. The Labute approximate surface area is 144 Å². The Bertz CT molecular complexity index is 478. The van der Waals surface area contributed by atoms with Crippen molar-refractivity contribution in [1.82, 2.24) is 5.32 Å². The number of nitrogens with one attached hydrogen (secondary N) is 1. The summed E-state index contributed by atoms with van der Waals surface area (Å²) in [5.41, 5.74) is 6.56. The highest BCUT2D eigenvalue weighted by molar-refractivity contribution is 5.86. The number of nitrogens with zero attached hydrogens (tertiary/aromatic N) is 1. The van der Waals surface area contributed by atoms with Crippen molar-refractivity contribution in [3.63, 3.8) is 0 Å². The van der Waals surface area contributed by atoms with Crippen LogP contribution in [0.5, 0.6) is 0 Å². The predicted molar refractivity (Wildman–Crippen MR) is 98.8 cm³/mol. The molecule has 0 heterocycles. The highest BCUT2D eigenvalue weighted by Crippen LogP contribution is 2.05. The number of aliphatic hydroxyl groups is 1. The predicted octanol–water partition coefficient (Wildman–Crippen LogP) is 2.22. The number of carboxylic acids is 1. The number of carboxylic acid groups (broad SMARTS) is 1. The Balaban J connectivity index is 5.15. The largest absolute Gasteiger partial charge is 0.479 e. The summed E-state index contributed by atoms with van der Waals surface area (Å²) in [6.45, 7) is 7.88. The molecule has 0 aliphatic heterocycles. The fraction of sp³-hybridized carbons (Fsp3) is 0.556. The number of aliphatic imine (C=N–C) groups is 1. The SMILES string of the molecule is CC/C=C/C(=CC(NC(N)=NCC(C)C(C)O)C(=O)O)/C=C/CC. The molecule has 0 aliphatic carbocycles. The maximum Gasteiger partial charge on any atom is 0.330 e. The summed E-state index contributed by atoms with van der Waals surface area (Å²) in [7, 11) is 0. The molecular weight excluding hydrogens is 306 g/mol. The molecule has 0 saturated heterocycles. The van der Waals surface area contributed by atoms with Crippen molar-refractivity contribution in [2.45, 2.75) is 52.7 Å². The molecule has 0 rings (SSSR count). The molecular formula is C18H31N3O3. The van der Waals surface area contributed by atoms with Gasteiger partial charge in [0.1, 0.15) is 6.04 Å². The van der Waals surface area contributed by atoms with Gasteiger partial charge in [-0.15, -0.1) is 0 Å². The molecule has 5 N–H and O–H groups in total. The van der Waals surface area contributed by atoms with Crippen molar-refractivity contribution >= 4 is 11.9 Å². The summed E-state index contributed by atoms with van der Waals surface area (Å²) in [6.07, 6.45) is 10.5. The first-order valence-corrected chi connectivity index (χ1v) is 8.33. The van der Waals surface area contributed by atoms with E-state index in [0.717, 1.165) is 18.4 Å². The van der Waals surface area contributed by atoms with E-state index in [1.807, 2.05) is 45.1 Å². The molecule has 24 heavy (non-hydrogen) atoms. The van der Waals surface area contributed by atoms with E-state index in [2.05, 4.69) is 10.3 Å². The van der Waals surface area contributed by atoms with E-state index < -0.39 is 18.1 Å². The molecule has 0 saturated carbocycles. The maximum atomic E-state index is 11.5. The van der Waals surface area contributed by atoms with E-state index in [-0.39, 0.29) is 11.9 Å². The van der Waals surface area contributed by atoms with Crippen LogP contribution in [0, 0.1) is 5.92 Å². The zero-order valence-corrected chi connectivity index (χ0v) is 15.1. The molecule has 0 bridgehead atoms. The zero-order chi connectivity index (χ0) is 18.5. The molecule has 0 spiro atoms. The second-order valence-electron chi connectivity index (χ2n) is 5.69. The lowest BCUT2D eigenvalue weighted by molar-refractivity contribution is -0.137. The van der Waals surface area contributed by atoms with Gasteiger partial charge in [0.15, 0.2) is 5.96 Å². The molecule has 0 aliphatic rings. The van der Waals surface area contributed by atoms with Crippen LogP contribution in [0.3, 0.4) is 0 Å². The highest BCUT2D eigenvalue weighted by atomic mass is 16.4. The van der Waals surface area contributed by atoms with Gasteiger partial charge in [0, 0.05) is 12.5 Å². The molecule has 136 valence electrons. The number of hydrogen-bond donors (Lipinski definition) is 4. The van der Waals surface area contributed by atoms with Gasteiger partial charge in [0.25, 0.3) is 0 Å². The number of guanidine groups is 1. The van der Waals surface area contributed by atoms with E-state index in [0.29, 0.717) is 6.54 Å². The minimum absolute atomic E-state index is 0.0458. The van der Waals surface area contributed by atoms with Crippen LogP contribution in [-0.2, 0) is 4.79 Å². The van der Waals surface area contributed by atoms with Gasteiger partial charge in [-0.2, -0.15) is 0 Å². The number of rotatable bonds is 10. The van der Waals surface area contributed by atoms with Crippen LogP contribution in [0.25, 0.3) is 0 Å². The number of allylic oxidation sites excluding steroid dienone is 5. The van der Waals surface area contributed by atoms with E-state index >= 15 is 0 Å². The third-order valence-corrected chi connectivity index (χ3v) is 3.39. The smallest absolute Gasteiger partial charge is 0.330 e. The van der Waals surface area contributed by atoms with E-state index in [4.69, 9.17) is 5.73 Å². The molecule has 0 amide bonds. The molecule has 0 aromatic carbocycles. The van der Waals surface area contributed by atoms with Crippen molar-refractivity contribution < 1.29 is 15.0 Å². The molecule has 3 atom stereocenters. The fourth-order valence-corrected chi connectivity index (χ4v) is 1.64. The minimum Gasteiger partial charge on any atom is -0.479 e. The Kier molecular flexibility index (Phi) is 11.3. The molecule has 0 aromatic rings. The van der Waals surface area contributed by atoms with Crippen LogP contribution in [0.4, 0.5) is 0 Å². The summed E-state index contributed by atoms with van der Waals surface area (Å²) in [5.74, 6) is -1.05. The first-order chi connectivity index (χ1) is 11.3. The minimum atomic E-state index is -1.04. The Hall–Kier alpha value is -2.08. The van der Waals surface area contributed by atoms with Crippen LogP contribution in [-0.4, -0.2) is 40.8 Å². The monoisotopic (exact) mass is 337 g/mol. The van der Waals surface area contributed by atoms with Crippen LogP contribution in [0.15, 0.2) is 40.9 Å². The van der Waals surface area contributed by atoms with Crippen molar-refractivity contribution in [3.8, 4) is 0 Å². The lowest BCUT2D eigenvalue weighted by Gasteiger charge is -2.15. The summed E-state index contributed by atoms with van der Waals surface area (Å²) in [4.78, 5) is 15.6. The van der Waals surface area contributed by atoms with Crippen LogP contribution in [0.1, 0.15) is 40.5 Å². The topological polar surface area (TPSA) is 108 Å². The van der Waals surface area contributed by atoms with Crippen molar-refractivity contribution in [2.75, 3.05) is 6.54 Å². The molecule has 6 heteroatoms. The molecule has 0 radical (unpaired) electrons. The van der Waals surface area contributed by atoms with Crippen molar-refractivity contribution in [3.05, 3.63) is 36.0 Å². The number of aliphatic hydroxyl groups excluding tert-OH is 1. The van der Waals surface area contributed by atoms with Crippen molar-refractivity contribution in [1.29, 1.82) is 0 Å². The van der Waals surface area contributed by atoms with Gasteiger partial charge in [0.05, 0.1) is 6.10 Å². The second-order valence-corrected chi connectivity index (χ2v) is 5.69. The third kappa shape index (κ3) is 9.84. The summed E-state index contributed by atoms with van der Waals surface area (Å²) < 4.78 is 0. The summed E-state index contributed by atoms with van der Waals surface area (Å²) >= 11 is 0. The molecule has 3 unspecified atom stereocenters. The maximum absolute atomic E-state index is 11.5. The third-order valence-electron chi connectivity index (χ3n) is 3.39. The average molecular weight is 337 g/mol. The van der Waals surface area contributed by atoms with Gasteiger partial charge in [-0.25, -0.2) is 4.79 Å². The van der Waals surface area contributed by atoms with E-state index in [1.54, 1.807) is 13.0 Å². The van der Waals surface area contributed by atoms with E-state index in [1.165, 1.54) is 0 Å². The van der Waals surface area contributed by atoms with Crippen LogP contribution < -0.4 is 11.1 Å². The standard InChI is InChI=1S/C18H31N3O3/c1-5-7-9-15(10-8-6-2)11-16(17(23)24)21-18(19)20-12-13(3)14(4)22/h7-11,13-14,16,22H,5-6,12H2,1-4H3,(H,23,24)(H3,19,20,21)/b9-7+,10-8+. The van der Waals surface area contributed by atoms with Gasteiger partial charge in [-0.3, -0.25) is 4.99 Å². The van der Waals surface area contributed by atoms with Gasteiger partial charge in [-0.1, -0.05) is 45.1 Å². The second kappa shape index (κ2) is 12.4. The Morgan fingerprint density at radius 2 is 1.75 bits per heavy atom. The van der Waals surface area contributed by atoms with Gasteiger partial charge >= 0.3 is 5.97 Å². The lowest BCUT2D eigenvalue weighted by Crippen LogP contribution is -2.44.